The van der Waals surface area contributed by atoms with E-state index in [9.17, 15) is 0 Å². The minimum absolute atomic E-state index is 0.182. The first-order chi connectivity index (χ1) is 9.81. The molecular weight excluding hydrogens is 246 g/mol. The minimum Gasteiger partial charge on any atom is -0.334 e. The van der Waals surface area contributed by atoms with E-state index in [1.807, 2.05) is 6.20 Å². The van der Waals surface area contributed by atoms with Crippen LogP contribution in [0.2, 0.25) is 0 Å². The van der Waals surface area contributed by atoms with Crippen LogP contribution in [0, 0.1) is 0 Å². The number of rotatable bonds is 7. The number of benzene rings is 1. The number of hydrogen-bond donors (Lipinski definition) is 1. The Balaban J connectivity index is 2.41. The minimum atomic E-state index is 0.182. The Labute approximate surface area is 122 Å². The molecule has 0 saturated carbocycles. The Morgan fingerprint density at radius 1 is 1.20 bits per heavy atom. The van der Waals surface area contributed by atoms with Crippen molar-refractivity contribution in [1.29, 1.82) is 0 Å². The first-order valence-electron chi connectivity index (χ1n) is 7.63. The van der Waals surface area contributed by atoms with Crippen LogP contribution in [0.15, 0.2) is 36.7 Å². The largest absolute Gasteiger partial charge is 0.334 e. The number of nitrogens with one attached hydrogen (secondary N) is 1. The van der Waals surface area contributed by atoms with Crippen LogP contribution in [0.4, 0.5) is 0 Å². The van der Waals surface area contributed by atoms with Crippen molar-refractivity contribution < 1.29 is 0 Å². The van der Waals surface area contributed by atoms with Gasteiger partial charge < -0.3 is 9.88 Å². The van der Waals surface area contributed by atoms with E-state index in [0.717, 1.165) is 31.8 Å². The van der Waals surface area contributed by atoms with Gasteiger partial charge in [0.15, 0.2) is 0 Å². The normalized spacial score (nSPS) is 12.6. The molecule has 2 rings (SSSR count). The van der Waals surface area contributed by atoms with Crippen LogP contribution >= 0.6 is 0 Å². The van der Waals surface area contributed by atoms with Crippen molar-refractivity contribution in [3.05, 3.63) is 53.6 Å². The summed E-state index contributed by atoms with van der Waals surface area (Å²) in [5.41, 5.74) is 2.75. The molecule has 0 fully saturated rings. The fourth-order valence-electron chi connectivity index (χ4n) is 2.62. The third-order valence-electron chi connectivity index (χ3n) is 3.69. The number of imidazole rings is 1. The summed E-state index contributed by atoms with van der Waals surface area (Å²) in [5.74, 6) is 1.11. The lowest BCUT2D eigenvalue weighted by Crippen LogP contribution is -2.27. The van der Waals surface area contributed by atoms with E-state index in [0.29, 0.717) is 0 Å². The van der Waals surface area contributed by atoms with Crippen molar-refractivity contribution in [2.45, 2.75) is 46.2 Å². The summed E-state index contributed by atoms with van der Waals surface area (Å²) >= 11 is 0. The van der Waals surface area contributed by atoms with Crippen LogP contribution < -0.4 is 5.32 Å². The molecule has 0 aliphatic heterocycles. The Hall–Kier alpha value is -1.61. The number of aryl methyl sites for hydroxylation is 2. The molecule has 1 atom stereocenters. The average Bonchev–Trinajstić information content (AvgIpc) is 2.96. The number of nitrogens with zero attached hydrogens (tertiary/aromatic N) is 2. The Morgan fingerprint density at radius 2 is 2.00 bits per heavy atom. The zero-order chi connectivity index (χ0) is 14.4. The van der Waals surface area contributed by atoms with Gasteiger partial charge >= 0.3 is 0 Å². The van der Waals surface area contributed by atoms with Gasteiger partial charge in [-0.25, -0.2) is 4.98 Å². The van der Waals surface area contributed by atoms with E-state index in [2.05, 4.69) is 66.1 Å². The number of hydrogen-bond acceptors (Lipinski definition) is 2. The Bertz CT molecular complexity index is 531. The van der Waals surface area contributed by atoms with Gasteiger partial charge in [0.05, 0.1) is 6.04 Å². The highest BCUT2D eigenvalue weighted by Gasteiger charge is 2.20. The van der Waals surface area contributed by atoms with E-state index in [1.54, 1.807) is 0 Å². The van der Waals surface area contributed by atoms with E-state index < -0.39 is 0 Å². The molecule has 0 aliphatic carbocycles. The maximum atomic E-state index is 4.59. The summed E-state index contributed by atoms with van der Waals surface area (Å²) in [4.78, 5) is 4.59. The molecule has 0 radical (unpaired) electrons. The van der Waals surface area contributed by atoms with Gasteiger partial charge in [-0.05, 0) is 37.4 Å². The fourth-order valence-corrected chi connectivity index (χ4v) is 2.62. The van der Waals surface area contributed by atoms with Gasteiger partial charge in [-0.3, -0.25) is 0 Å². The van der Waals surface area contributed by atoms with Crippen molar-refractivity contribution in [1.82, 2.24) is 14.9 Å². The molecule has 1 heterocycles. The zero-order valence-electron chi connectivity index (χ0n) is 12.8. The lowest BCUT2D eigenvalue weighted by Gasteiger charge is -2.22. The summed E-state index contributed by atoms with van der Waals surface area (Å²) < 4.78 is 2.22. The van der Waals surface area contributed by atoms with E-state index in [-0.39, 0.29) is 6.04 Å². The lowest BCUT2D eigenvalue weighted by atomic mass is 9.97. The predicted molar refractivity (Wildman–Crippen MR) is 83.9 cm³/mol. The topological polar surface area (TPSA) is 29.9 Å². The highest BCUT2D eigenvalue weighted by atomic mass is 15.1. The van der Waals surface area contributed by atoms with Gasteiger partial charge in [0.2, 0.25) is 0 Å². The Kier molecular flexibility index (Phi) is 5.36. The molecule has 0 spiro atoms. The quantitative estimate of drug-likeness (QED) is 0.834. The van der Waals surface area contributed by atoms with E-state index >= 15 is 0 Å². The summed E-state index contributed by atoms with van der Waals surface area (Å²) in [7, 11) is 0. The third-order valence-corrected chi connectivity index (χ3v) is 3.69. The summed E-state index contributed by atoms with van der Waals surface area (Å²) in [6, 6.07) is 8.86. The van der Waals surface area contributed by atoms with Crippen LogP contribution in [0.5, 0.6) is 0 Å². The summed E-state index contributed by atoms with van der Waals surface area (Å²) in [5, 5.41) is 3.65. The molecule has 0 amide bonds. The predicted octanol–water partition coefficient (Wildman–Crippen LogP) is 3.55. The van der Waals surface area contributed by atoms with Crippen molar-refractivity contribution >= 4 is 0 Å². The molecule has 1 unspecified atom stereocenters. The van der Waals surface area contributed by atoms with Gasteiger partial charge in [-0.15, -0.1) is 0 Å². The molecule has 2 aromatic rings. The molecule has 0 saturated heterocycles. The molecule has 108 valence electrons. The summed E-state index contributed by atoms with van der Waals surface area (Å²) in [6.45, 7) is 8.52. The average molecular weight is 271 g/mol. The maximum Gasteiger partial charge on any atom is 0.130 e. The Morgan fingerprint density at radius 3 is 2.70 bits per heavy atom. The van der Waals surface area contributed by atoms with Gasteiger partial charge in [-0.2, -0.15) is 0 Å². The fraction of sp³-hybridized carbons (Fsp3) is 0.471. The SMILES string of the molecule is CCCNC(c1ccccc1CC)c1nccn1CC. The van der Waals surface area contributed by atoms with Crippen LogP contribution in [0.1, 0.15) is 50.2 Å². The first-order valence-corrected chi connectivity index (χ1v) is 7.63. The zero-order valence-corrected chi connectivity index (χ0v) is 12.8. The second kappa shape index (κ2) is 7.25. The van der Waals surface area contributed by atoms with E-state index in [1.165, 1.54) is 11.1 Å². The highest BCUT2D eigenvalue weighted by Crippen LogP contribution is 2.24. The van der Waals surface area contributed by atoms with Gasteiger partial charge in [-0.1, -0.05) is 38.1 Å². The van der Waals surface area contributed by atoms with E-state index in [4.69, 9.17) is 0 Å². The van der Waals surface area contributed by atoms with Gasteiger partial charge in [0, 0.05) is 18.9 Å². The molecule has 1 N–H and O–H groups in total. The van der Waals surface area contributed by atoms with Crippen molar-refractivity contribution in [3.63, 3.8) is 0 Å². The monoisotopic (exact) mass is 271 g/mol. The van der Waals surface area contributed by atoms with Gasteiger partial charge in [0.25, 0.3) is 0 Å². The summed E-state index contributed by atoms with van der Waals surface area (Å²) in [6.07, 6.45) is 6.13. The number of aromatic nitrogens is 2. The van der Waals surface area contributed by atoms with Crippen molar-refractivity contribution in [2.24, 2.45) is 0 Å². The molecule has 1 aromatic heterocycles. The maximum absolute atomic E-state index is 4.59. The third kappa shape index (κ3) is 3.10. The van der Waals surface area contributed by atoms with Crippen molar-refractivity contribution in [2.75, 3.05) is 6.54 Å². The molecule has 1 aromatic carbocycles. The van der Waals surface area contributed by atoms with Gasteiger partial charge in [0.1, 0.15) is 5.82 Å². The van der Waals surface area contributed by atoms with Crippen molar-refractivity contribution in [3.8, 4) is 0 Å². The standard InChI is InChI=1S/C17H25N3/c1-4-11-18-16(17-19-12-13-20(17)6-3)15-10-8-7-9-14(15)5-2/h7-10,12-13,16,18H,4-6,11H2,1-3H3. The lowest BCUT2D eigenvalue weighted by molar-refractivity contribution is 0.539. The first kappa shape index (κ1) is 14.8. The smallest absolute Gasteiger partial charge is 0.130 e. The molecule has 3 nitrogen and oxygen atoms in total. The van der Waals surface area contributed by atoms with Crippen LogP contribution in [0.3, 0.4) is 0 Å². The molecular formula is C17H25N3. The van der Waals surface area contributed by atoms with Crippen LogP contribution in [-0.2, 0) is 13.0 Å². The highest BCUT2D eigenvalue weighted by molar-refractivity contribution is 5.34. The van der Waals surface area contributed by atoms with Crippen LogP contribution in [0.25, 0.3) is 0 Å². The molecule has 3 heteroatoms. The van der Waals surface area contributed by atoms with Crippen LogP contribution in [-0.4, -0.2) is 16.1 Å². The molecule has 0 bridgehead atoms. The second-order valence-electron chi connectivity index (χ2n) is 5.01. The molecule has 0 aliphatic rings. The molecule has 20 heavy (non-hydrogen) atoms. The second-order valence-corrected chi connectivity index (χ2v) is 5.01.